The van der Waals surface area contributed by atoms with Crippen LogP contribution in [0.5, 0.6) is 0 Å². The van der Waals surface area contributed by atoms with Crippen molar-refractivity contribution < 1.29 is 0 Å². The van der Waals surface area contributed by atoms with E-state index in [-0.39, 0.29) is 6.04 Å². The Hall–Kier alpha value is -1.64. The maximum Gasteiger partial charge on any atom is 0.0500 e. The van der Waals surface area contributed by atoms with Crippen molar-refractivity contribution >= 4 is 0 Å². The summed E-state index contributed by atoms with van der Waals surface area (Å²) in [6, 6.07) is 17.5. The first kappa shape index (κ1) is 14.8. The number of benzene rings is 2. The van der Waals surface area contributed by atoms with Gasteiger partial charge in [0.05, 0.1) is 0 Å². The number of hydrogen-bond acceptors (Lipinski definition) is 2. The van der Waals surface area contributed by atoms with Crippen LogP contribution in [0, 0.1) is 6.92 Å². The maximum absolute atomic E-state index is 5.72. The highest BCUT2D eigenvalue weighted by atomic mass is 15.2. The van der Waals surface area contributed by atoms with E-state index in [0.29, 0.717) is 5.92 Å². The summed E-state index contributed by atoms with van der Waals surface area (Å²) in [4.78, 5) is 0. The Labute approximate surface area is 122 Å². The van der Waals surface area contributed by atoms with E-state index in [2.05, 4.69) is 74.7 Å². The highest BCUT2D eigenvalue weighted by Gasteiger charge is 2.10. The van der Waals surface area contributed by atoms with Crippen LogP contribution in [0.15, 0.2) is 48.5 Å². The molecule has 0 heterocycles. The smallest absolute Gasteiger partial charge is 0.0500 e. The third-order valence-corrected chi connectivity index (χ3v) is 3.77. The summed E-state index contributed by atoms with van der Waals surface area (Å²) in [6.07, 6.45) is 0.901. The predicted molar refractivity (Wildman–Crippen MR) is 85.5 cm³/mol. The van der Waals surface area contributed by atoms with Crippen molar-refractivity contribution in [2.45, 2.75) is 39.2 Å². The molecule has 0 radical (unpaired) electrons. The molecule has 0 saturated carbocycles. The summed E-state index contributed by atoms with van der Waals surface area (Å²) in [5.74, 6) is 6.29. The van der Waals surface area contributed by atoms with Crippen LogP contribution in [-0.2, 0) is 6.42 Å². The number of aryl methyl sites for hydroxylation is 1. The topological polar surface area (TPSA) is 38.0 Å². The van der Waals surface area contributed by atoms with Crippen molar-refractivity contribution in [3.05, 3.63) is 70.8 Å². The molecule has 1 unspecified atom stereocenters. The zero-order valence-electron chi connectivity index (χ0n) is 12.6. The first-order valence-corrected chi connectivity index (χ1v) is 7.21. The van der Waals surface area contributed by atoms with E-state index in [4.69, 9.17) is 5.84 Å². The van der Waals surface area contributed by atoms with Crippen LogP contribution in [-0.4, -0.2) is 0 Å². The Morgan fingerprint density at radius 3 is 1.95 bits per heavy atom. The molecule has 0 aromatic heterocycles. The number of hydrogen-bond donors (Lipinski definition) is 2. The molecule has 2 rings (SSSR count). The van der Waals surface area contributed by atoms with E-state index in [1.807, 2.05) is 0 Å². The quantitative estimate of drug-likeness (QED) is 0.638. The lowest BCUT2D eigenvalue weighted by atomic mass is 9.96. The summed E-state index contributed by atoms with van der Waals surface area (Å²) >= 11 is 0. The molecule has 0 fully saturated rings. The van der Waals surface area contributed by atoms with E-state index in [1.165, 1.54) is 22.3 Å². The van der Waals surface area contributed by atoms with Gasteiger partial charge in [0, 0.05) is 6.04 Å². The Balaban J connectivity index is 2.11. The van der Waals surface area contributed by atoms with Crippen molar-refractivity contribution in [2.75, 3.05) is 0 Å². The summed E-state index contributed by atoms with van der Waals surface area (Å²) in [6.45, 7) is 6.52. The number of nitrogens with one attached hydrogen (secondary N) is 1. The van der Waals surface area contributed by atoms with Gasteiger partial charge in [0.1, 0.15) is 0 Å². The third kappa shape index (κ3) is 3.69. The molecule has 1 atom stereocenters. The van der Waals surface area contributed by atoms with Gasteiger partial charge in [-0.2, -0.15) is 0 Å². The van der Waals surface area contributed by atoms with Gasteiger partial charge in [-0.1, -0.05) is 67.9 Å². The molecule has 2 aromatic rings. The van der Waals surface area contributed by atoms with Crippen LogP contribution in [0.2, 0.25) is 0 Å². The molecule has 0 bridgehead atoms. The van der Waals surface area contributed by atoms with Crippen molar-refractivity contribution in [2.24, 2.45) is 5.84 Å². The lowest BCUT2D eigenvalue weighted by molar-refractivity contribution is 0.552. The average Bonchev–Trinajstić information content (AvgIpc) is 2.46. The molecule has 0 spiro atoms. The number of nitrogens with two attached hydrogens (primary N) is 1. The van der Waals surface area contributed by atoms with Gasteiger partial charge < -0.3 is 0 Å². The minimum atomic E-state index is 0.153. The molecule has 2 aromatic carbocycles. The molecule has 0 aliphatic rings. The van der Waals surface area contributed by atoms with Gasteiger partial charge in [-0.15, -0.1) is 0 Å². The van der Waals surface area contributed by atoms with E-state index in [1.54, 1.807) is 0 Å². The molecule has 0 amide bonds. The van der Waals surface area contributed by atoms with Crippen LogP contribution in [0.25, 0.3) is 0 Å². The van der Waals surface area contributed by atoms with Gasteiger partial charge in [-0.25, -0.2) is 0 Å². The largest absolute Gasteiger partial charge is 0.271 e. The maximum atomic E-state index is 5.72. The SMILES string of the molecule is Cc1ccc(C(Cc2ccc(C(C)C)cc2)NN)cc1. The Bertz CT molecular complexity index is 526. The normalized spacial score (nSPS) is 12.7. The zero-order chi connectivity index (χ0) is 14.5. The van der Waals surface area contributed by atoms with Crippen molar-refractivity contribution in [3.63, 3.8) is 0 Å². The fraction of sp³-hybridized carbons (Fsp3) is 0.333. The van der Waals surface area contributed by atoms with Gasteiger partial charge in [0.2, 0.25) is 0 Å². The molecule has 2 nitrogen and oxygen atoms in total. The van der Waals surface area contributed by atoms with Gasteiger partial charge in [0.15, 0.2) is 0 Å². The van der Waals surface area contributed by atoms with Crippen LogP contribution >= 0.6 is 0 Å². The van der Waals surface area contributed by atoms with Crippen LogP contribution in [0.1, 0.15) is 48.1 Å². The first-order chi connectivity index (χ1) is 9.60. The molecule has 2 heteroatoms. The lowest BCUT2D eigenvalue weighted by Gasteiger charge is -2.17. The minimum Gasteiger partial charge on any atom is -0.271 e. The van der Waals surface area contributed by atoms with Crippen molar-refractivity contribution in [1.82, 2.24) is 5.43 Å². The molecule has 0 saturated heterocycles. The Morgan fingerprint density at radius 2 is 1.45 bits per heavy atom. The fourth-order valence-corrected chi connectivity index (χ4v) is 2.35. The highest BCUT2D eigenvalue weighted by molar-refractivity contribution is 5.29. The number of rotatable bonds is 5. The monoisotopic (exact) mass is 268 g/mol. The van der Waals surface area contributed by atoms with E-state index in [9.17, 15) is 0 Å². The van der Waals surface area contributed by atoms with Crippen molar-refractivity contribution in [3.8, 4) is 0 Å². The van der Waals surface area contributed by atoms with Crippen LogP contribution < -0.4 is 11.3 Å². The van der Waals surface area contributed by atoms with Gasteiger partial charge in [0.25, 0.3) is 0 Å². The predicted octanol–water partition coefficient (Wildman–Crippen LogP) is 3.87. The zero-order valence-corrected chi connectivity index (χ0v) is 12.6. The van der Waals surface area contributed by atoms with Gasteiger partial charge in [-0.3, -0.25) is 11.3 Å². The molecule has 3 N–H and O–H groups in total. The summed E-state index contributed by atoms with van der Waals surface area (Å²) in [5.41, 5.74) is 8.10. The second-order valence-corrected chi connectivity index (χ2v) is 5.73. The third-order valence-electron chi connectivity index (χ3n) is 3.77. The van der Waals surface area contributed by atoms with Crippen molar-refractivity contribution in [1.29, 1.82) is 0 Å². The van der Waals surface area contributed by atoms with E-state index >= 15 is 0 Å². The molecule has 0 aliphatic heterocycles. The Kier molecular flexibility index (Phi) is 4.94. The van der Waals surface area contributed by atoms with Gasteiger partial charge in [-0.05, 0) is 36.0 Å². The van der Waals surface area contributed by atoms with E-state index < -0.39 is 0 Å². The fourth-order valence-electron chi connectivity index (χ4n) is 2.35. The lowest BCUT2D eigenvalue weighted by Crippen LogP contribution is -2.29. The van der Waals surface area contributed by atoms with E-state index in [0.717, 1.165) is 6.42 Å². The molecule has 0 aliphatic carbocycles. The minimum absolute atomic E-state index is 0.153. The first-order valence-electron chi connectivity index (χ1n) is 7.21. The Morgan fingerprint density at radius 1 is 0.900 bits per heavy atom. The highest BCUT2D eigenvalue weighted by Crippen LogP contribution is 2.20. The molecular formula is C18H24N2. The second kappa shape index (κ2) is 6.69. The average molecular weight is 268 g/mol. The van der Waals surface area contributed by atoms with Crippen LogP contribution in [0.4, 0.5) is 0 Å². The summed E-state index contributed by atoms with van der Waals surface area (Å²) < 4.78 is 0. The molecule has 20 heavy (non-hydrogen) atoms. The molecular weight excluding hydrogens is 244 g/mol. The van der Waals surface area contributed by atoms with Crippen LogP contribution in [0.3, 0.4) is 0 Å². The summed E-state index contributed by atoms with van der Waals surface area (Å²) in [5, 5.41) is 0. The second-order valence-electron chi connectivity index (χ2n) is 5.73. The van der Waals surface area contributed by atoms with Gasteiger partial charge >= 0.3 is 0 Å². The number of hydrazine groups is 1. The molecule has 106 valence electrons. The summed E-state index contributed by atoms with van der Waals surface area (Å²) in [7, 11) is 0. The standard InChI is InChI=1S/C18H24N2/c1-13(2)16-10-6-15(7-11-16)12-18(20-19)17-8-4-14(3)5-9-17/h4-11,13,18,20H,12,19H2,1-3H3.